The van der Waals surface area contributed by atoms with Gasteiger partial charge in [-0.05, 0) is 42.0 Å². The number of anilines is 1. The van der Waals surface area contributed by atoms with Gasteiger partial charge in [-0.2, -0.15) is 0 Å². The van der Waals surface area contributed by atoms with Gasteiger partial charge in [0.25, 0.3) is 0 Å². The maximum absolute atomic E-state index is 13.1. The Morgan fingerprint density at radius 2 is 1.70 bits per heavy atom. The van der Waals surface area contributed by atoms with Crippen molar-refractivity contribution < 1.29 is 19.1 Å². The summed E-state index contributed by atoms with van der Waals surface area (Å²) in [5, 5.41) is 0. The summed E-state index contributed by atoms with van der Waals surface area (Å²) in [4.78, 5) is 28.3. The molecule has 2 aromatic rings. The normalized spacial score (nSPS) is 13.9. The summed E-state index contributed by atoms with van der Waals surface area (Å²) in [7, 11) is 1.35. The van der Waals surface area contributed by atoms with Crippen molar-refractivity contribution in [2.45, 2.75) is 6.54 Å². The van der Waals surface area contributed by atoms with Gasteiger partial charge in [-0.3, -0.25) is 4.90 Å². The van der Waals surface area contributed by atoms with Crippen LogP contribution in [0.2, 0.25) is 0 Å². The first kappa shape index (κ1) is 19.4. The Labute approximate surface area is 166 Å². The molecule has 1 saturated heterocycles. The van der Waals surface area contributed by atoms with Crippen LogP contribution in [-0.2, 0) is 16.0 Å². The minimum atomic E-state index is -0.379. The Morgan fingerprint density at radius 1 is 1.07 bits per heavy atom. The molecule has 6 nitrogen and oxygen atoms in total. The van der Waals surface area contributed by atoms with Crippen LogP contribution in [0, 0.1) is 0 Å². The van der Waals surface area contributed by atoms with Gasteiger partial charge in [0.05, 0.1) is 32.4 Å². The van der Waals surface area contributed by atoms with Crippen molar-refractivity contribution in [3.8, 4) is 0 Å². The Kier molecular flexibility index (Phi) is 6.47. The number of morpholine rings is 1. The van der Waals surface area contributed by atoms with E-state index in [1.807, 2.05) is 36.4 Å². The fourth-order valence-corrected chi connectivity index (χ4v) is 3.13. The quantitative estimate of drug-likeness (QED) is 0.691. The van der Waals surface area contributed by atoms with Gasteiger partial charge >= 0.3 is 12.0 Å². The number of ether oxygens (including phenoxy) is 2. The van der Waals surface area contributed by atoms with Crippen molar-refractivity contribution in [1.82, 2.24) is 4.90 Å². The maximum Gasteiger partial charge on any atom is 0.337 e. The van der Waals surface area contributed by atoms with Gasteiger partial charge in [-0.1, -0.05) is 28.1 Å². The van der Waals surface area contributed by atoms with Crippen LogP contribution in [0.15, 0.2) is 53.0 Å². The average molecular weight is 433 g/mol. The SMILES string of the molecule is COC(=O)c1ccc(CN(C(=O)N2CCOCC2)c2ccc(Br)cc2)cc1. The number of esters is 1. The van der Waals surface area contributed by atoms with Crippen molar-refractivity contribution >= 4 is 33.6 Å². The number of amides is 2. The monoisotopic (exact) mass is 432 g/mol. The van der Waals surface area contributed by atoms with Gasteiger partial charge in [-0.15, -0.1) is 0 Å². The first-order valence-corrected chi connectivity index (χ1v) is 9.45. The van der Waals surface area contributed by atoms with Crippen LogP contribution in [-0.4, -0.2) is 50.3 Å². The predicted octanol–water partition coefficient (Wildman–Crippen LogP) is 3.69. The number of rotatable bonds is 4. The summed E-state index contributed by atoms with van der Waals surface area (Å²) in [6.45, 7) is 2.65. The number of hydrogen-bond acceptors (Lipinski definition) is 4. The van der Waals surface area contributed by atoms with E-state index in [4.69, 9.17) is 9.47 Å². The number of methoxy groups -OCH3 is 1. The summed E-state index contributed by atoms with van der Waals surface area (Å²) >= 11 is 3.43. The second-order valence-electron chi connectivity index (χ2n) is 6.13. The van der Waals surface area contributed by atoms with Gasteiger partial charge in [0.1, 0.15) is 0 Å². The van der Waals surface area contributed by atoms with Crippen LogP contribution in [0.5, 0.6) is 0 Å². The van der Waals surface area contributed by atoms with Gasteiger partial charge in [0.15, 0.2) is 0 Å². The molecule has 142 valence electrons. The lowest BCUT2D eigenvalue weighted by atomic mass is 10.1. The highest BCUT2D eigenvalue weighted by Crippen LogP contribution is 2.22. The summed E-state index contributed by atoms with van der Waals surface area (Å²) in [5.41, 5.74) is 2.22. The average Bonchev–Trinajstić information content (AvgIpc) is 2.73. The molecule has 0 radical (unpaired) electrons. The lowest BCUT2D eigenvalue weighted by Crippen LogP contribution is -2.48. The third-order valence-electron chi connectivity index (χ3n) is 4.37. The summed E-state index contributed by atoms with van der Waals surface area (Å²) in [6, 6.07) is 14.7. The Morgan fingerprint density at radius 3 is 2.30 bits per heavy atom. The number of nitrogens with zero attached hydrogens (tertiary/aromatic N) is 2. The molecule has 3 rings (SSSR count). The molecule has 1 fully saturated rings. The number of urea groups is 1. The molecule has 1 aliphatic rings. The topological polar surface area (TPSA) is 59.1 Å². The van der Waals surface area contributed by atoms with E-state index in [0.29, 0.717) is 38.4 Å². The molecule has 0 aromatic heterocycles. The summed E-state index contributed by atoms with van der Waals surface area (Å²) in [5.74, 6) is -0.379. The third kappa shape index (κ3) is 4.87. The van der Waals surface area contributed by atoms with E-state index in [1.165, 1.54) is 7.11 Å². The van der Waals surface area contributed by atoms with E-state index in [-0.39, 0.29) is 12.0 Å². The molecule has 7 heteroatoms. The molecule has 0 bridgehead atoms. The first-order chi connectivity index (χ1) is 13.1. The zero-order valence-electron chi connectivity index (χ0n) is 15.1. The molecule has 1 aliphatic heterocycles. The molecular formula is C20H21BrN2O4. The minimum Gasteiger partial charge on any atom is -0.465 e. The van der Waals surface area contributed by atoms with Crippen LogP contribution in [0.4, 0.5) is 10.5 Å². The second kappa shape index (κ2) is 9.01. The third-order valence-corrected chi connectivity index (χ3v) is 4.90. The van der Waals surface area contributed by atoms with Gasteiger partial charge in [0.2, 0.25) is 0 Å². The standard InChI is InChI=1S/C20H21BrN2O4/c1-26-19(24)16-4-2-15(3-5-16)14-23(18-8-6-17(21)7-9-18)20(25)22-10-12-27-13-11-22/h2-9H,10-14H2,1H3. The highest BCUT2D eigenvalue weighted by atomic mass is 79.9. The van der Waals surface area contributed by atoms with Crippen molar-refractivity contribution in [3.05, 3.63) is 64.1 Å². The molecule has 1 heterocycles. The Balaban J connectivity index is 1.83. The molecule has 27 heavy (non-hydrogen) atoms. The zero-order chi connectivity index (χ0) is 19.2. The van der Waals surface area contributed by atoms with Crippen molar-refractivity contribution in [1.29, 1.82) is 0 Å². The van der Waals surface area contributed by atoms with Crippen LogP contribution >= 0.6 is 15.9 Å². The van der Waals surface area contributed by atoms with Crippen molar-refractivity contribution in [3.63, 3.8) is 0 Å². The number of carbonyl (C=O) groups is 2. The number of carbonyl (C=O) groups excluding carboxylic acids is 2. The van der Waals surface area contributed by atoms with E-state index in [0.717, 1.165) is 15.7 Å². The van der Waals surface area contributed by atoms with Gasteiger partial charge in [-0.25, -0.2) is 9.59 Å². The number of benzene rings is 2. The van der Waals surface area contributed by atoms with E-state index < -0.39 is 0 Å². The number of hydrogen-bond donors (Lipinski definition) is 0. The second-order valence-corrected chi connectivity index (χ2v) is 7.05. The lowest BCUT2D eigenvalue weighted by molar-refractivity contribution is 0.0548. The predicted molar refractivity (Wildman–Crippen MR) is 106 cm³/mol. The lowest BCUT2D eigenvalue weighted by Gasteiger charge is -2.33. The van der Waals surface area contributed by atoms with Crippen molar-refractivity contribution in [2.24, 2.45) is 0 Å². The molecular weight excluding hydrogens is 412 g/mol. The van der Waals surface area contributed by atoms with Crippen LogP contribution < -0.4 is 4.90 Å². The van der Waals surface area contributed by atoms with E-state index >= 15 is 0 Å². The molecule has 2 aromatic carbocycles. The van der Waals surface area contributed by atoms with Crippen LogP contribution in [0.25, 0.3) is 0 Å². The molecule has 0 N–H and O–H groups in total. The van der Waals surface area contributed by atoms with Crippen molar-refractivity contribution in [2.75, 3.05) is 38.3 Å². The van der Waals surface area contributed by atoms with E-state index in [9.17, 15) is 9.59 Å². The maximum atomic E-state index is 13.1. The van der Waals surface area contributed by atoms with Gasteiger partial charge in [0, 0.05) is 23.2 Å². The number of halogens is 1. The summed E-state index contributed by atoms with van der Waals surface area (Å²) in [6.07, 6.45) is 0. The highest BCUT2D eigenvalue weighted by Gasteiger charge is 2.24. The van der Waals surface area contributed by atoms with Gasteiger partial charge < -0.3 is 14.4 Å². The Bertz CT molecular complexity index is 787. The molecule has 0 unspecified atom stereocenters. The fraction of sp³-hybridized carbons (Fsp3) is 0.300. The van der Waals surface area contributed by atoms with Crippen LogP contribution in [0.3, 0.4) is 0 Å². The molecule has 2 amide bonds. The molecule has 0 spiro atoms. The first-order valence-electron chi connectivity index (χ1n) is 8.65. The largest absolute Gasteiger partial charge is 0.465 e. The van der Waals surface area contributed by atoms with Crippen LogP contribution in [0.1, 0.15) is 15.9 Å². The highest BCUT2D eigenvalue weighted by molar-refractivity contribution is 9.10. The van der Waals surface area contributed by atoms with E-state index in [1.54, 1.807) is 21.9 Å². The Hall–Kier alpha value is -2.38. The van der Waals surface area contributed by atoms with E-state index in [2.05, 4.69) is 15.9 Å². The molecule has 0 aliphatic carbocycles. The zero-order valence-corrected chi connectivity index (χ0v) is 16.6. The molecule has 0 saturated carbocycles. The smallest absolute Gasteiger partial charge is 0.337 e. The fourth-order valence-electron chi connectivity index (χ4n) is 2.86. The molecule has 0 atom stereocenters. The minimum absolute atomic E-state index is 0.0577. The summed E-state index contributed by atoms with van der Waals surface area (Å²) < 4.78 is 11.0.